The van der Waals surface area contributed by atoms with E-state index < -0.39 is 6.10 Å². The van der Waals surface area contributed by atoms with Gasteiger partial charge < -0.3 is 15.0 Å². The second-order valence-electron chi connectivity index (χ2n) is 6.45. The molecule has 1 atom stereocenters. The van der Waals surface area contributed by atoms with Crippen molar-refractivity contribution in [3.05, 3.63) is 52.4 Å². The molecule has 0 spiro atoms. The number of benzene rings is 1. The van der Waals surface area contributed by atoms with Crippen molar-refractivity contribution in [3.63, 3.8) is 0 Å². The lowest BCUT2D eigenvalue weighted by molar-refractivity contribution is 0.0741. The van der Waals surface area contributed by atoms with Crippen molar-refractivity contribution in [2.45, 2.75) is 32.5 Å². The molecule has 0 unspecified atom stereocenters. The second-order valence-corrected chi connectivity index (χ2v) is 6.89. The molecule has 3 aromatic rings. The highest BCUT2D eigenvalue weighted by atomic mass is 35.5. The highest BCUT2D eigenvalue weighted by molar-refractivity contribution is 6.31. The van der Waals surface area contributed by atoms with Crippen LogP contribution in [0, 0.1) is 0 Å². The Balaban J connectivity index is 1.62. The molecule has 3 heterocycles. The first-order chi connectivity index (χ1) is 12.0. The number of aromatic nitrogens is 3. The Hall–Kier alpha value is -2.31. The lowest BCUT2D eigenvalue weighted by atomic mass is 10.2. The number of halogens is 1. The summed E-state index contributed by atoms with van der Waals surface area (Å²) >= 11 is 6.02. The zero-order valence-corrected chi connectivity index (χ0v) is 14.6. The maximum atomic E-state index is 12.9. The summed E-state index contributed by atoms with van der Waals surface area (Å²) in [4.78, 5) is 17.9. The number of hydrogen-bond acceptors (Lipinski definition) is 3. The van der Waals surface area contributed by atoms with Gasteiger partial charge in [0, 0.05) is 29.0 Å². The van der Waals surface area contributed by atoms with Crippen LogP contribution in [0.5, 0.6) is 0 Å². The molecule has 4 rings (SSSR count). The molecule has 1 aliphatic rings. The molecule has 1 amide bonds. The minimum Gasteiger partial charge on any atom is -0.387 e. The minimum absolute atomic E-state index is 0.0411. The van der Waals surface area contributed by atoms with Crippen LogP contribution in [0.4, 0.5) is 0 Å². The number of aryl methyl sites for hydroxylation is 1. The van der Waals surface area contributed by atoms with E-state index in [1.165, 1.54) is 0 Å². The van der Waals surface area contributed by atoms with Crippen LogP contribution in [0.1, 0.15) is 41.3 Å². The van der Waals surface area contributed by atoms with Gasteiger partial charge in [0.1, 0.15) is 5.69 Å². The van der Waals surface area contributed by atoms with Crippen molar-refractivity contribution in [2.24, 2.45) is 0 Å². The monoisotopic (exact) mass is 358 g/mol. The lowest BCUT2D eigenvalue weighted by Gasteiger charge is -2.19. The van der Waals surface area contributed by atoms with Crippen LogP contribution in [0.2, 0.25) is 5.02 Å². The summed E-state index contributed by atoms with van der Waals surface area (Å²) in [6.45, 7) is 3.59. The molecule has 130 valence electrons. The van der Waals surface area contributed by atoms with E-state index in [9.17, 15) is 9.90 Å². The zero-order chi connectivity index (χ0) is 17.6. The number of carbonyl (C=O) groups is 1. The predicted octanol–water partition coefficient (Wildman–Crippen LogP) is 3.12. The molecule has 25 heavy (non-hydrogen) atoms. The number of aliphatic hydroxyl groups is 1. The van der Waals surface area contributed by atoms with Crippen molar-refractivity contribution < 1.29 is 9.90 Å². The Kier molecular flexibility index (Phi) is 4.01. The standard InChI is InChI=1S/C18H19ClN4O2/c1-11(24)16-9-14-10-22(5-2-6-23(14)21-16)18(25)17-8-12-7-13(19)3-4-15(12)20-17/h3-4,7-9,11,20,24H,2,5-6,10H2,1H3/t11-/m1/s1. The smallest absolute Gasteiger partial charge is 0.270 e. The fourth-order valence-corrected chi connectivity index (χ4v) is 3.43. The van der Waals surface area contributed by atoms with Crippen LogP contribution in [-0.2, 0) is 13.1 Å². The number of amides is 1. The van der Waals surface area contributed by atoms with E-state index >= 15 is 0 Å². The van der Waals surface area contributed by atoms with Gasteiger partial charge >= 0.3 is 0 Å². The summed E-state index contributed by atoms with van der Waals surface area (Å²) < 4.78 is 1.89. The molecular weight excluding hydrogens is 340 g/mol. The normalized spacial score (nSPS) is 15.9. The van der Waals surface area contributed by atoms with Gasteiger partial charge in [-0.1, -0.05) is 11.6 Å². The Labute approximate surface area is 150 Å². The third kappa shape index (κ3) is 3.03. The van der Waals surface area contributed by atoms with Crippen molar-refractivity contribution in [2.75, 3.05) is 6.54 Å². The molecule has 1 aromatic carbocycles. The number of aromatic amines is 1. The Morgan fingerprint density at radius 3 is 2.96 bits per heavy atom. The predicted molar refractivity (Wildman–Crippen MR) is 95.5 cm³/mol. The largest absolute Gasteiger partial charge is 0.387 e. The van der Waals surface area contributed by atoms with Gasteiger partial charge in [-0.3, -0.25) is 9.48 Å². The molecule has 0 radical (unpaired) electrons. The molecule has 0 bridgehead atoms. The third-order valence-electron chi connectivity index (χ3n) is 4.56. The Morgan fingerprint density at radius 1 is 1.32 bits per heavy atom. The van der Waals surface area contributed by atoms with E-state index in [-0.39, 0.29) is 5.91 Å². The highest BCUT2D eigenvalue weighted by Crippen LogP contribution is 2.23. The fraction of sp³-hybridized carbons (Fsp3) is 0.333. The van der Waals surface area contributed by atoms with E-state index in [2.05, 4.69) is 10.1 Å². The number of fused-ring (bicyclic) bond motifs is 2. The van der Waals surface area contributed by atoms with Gasteiger partial charge in [0.2, 0.25) is 0 Å². The molecule has 0 saturated heterocycles. The van der Waals surface area contributed by atoms with Crippen LogP contribution >= 0.6 is 11.6 Å². The topological polar surface area (TPSA) is 74.2 Å². The van der Waals surface area contributed by atoms with E-state index in [1.807, 2.05) is 33.8 Å². The van der Waals surface area contributed by atoms with Gasteiger partial charge in [-0.05, 0) is 43.7 Å². The highest BCUT2D eigenvalue weighted by Gasteiger charge is 2.23. The molecule has 0 fully saturated rings. The fourth-order valence-electron chi connectivity index (χ4n) is 3.25. The molecular formula is C18H19ClN4O2. The van der Waals surface area contributed by atoms with Gasteiger partial charge in [-0.2, -0.15) is 5.10 Å². The Bertz CT molecular complexity index is 944. The summed E-state index contributed by atoms with van der Waals surface area (Å²) in [5.74, 6) is -0.0411. The molecule has 1 aliphatic heterocycles. The molecule has 6 nitrogen and oxygen atoms in total. The number of rotatable bonds is 2. The summed E-state index contributed by atoms with van der Waals surface area (Å²) in [5.41, 5.74) is 3.04. The van der Waals surface area contributed by atoms with Crippen molar-refractivity contribution >= 4 is 28.4 Å². The number of carbonyl (C=O) groups excluding carboxylic acids is 1. The number of hydrogen-bond donors (Lipinski definition) is 2. The van der Waals surface area contributed by atoms with E-state index in [4.69, 9.17) is 11.6 Å². The van der Waals surface area contributed by atoms with E-state index in [0.717, 1.165) is 29.6 Å². The number of nitrogens with one attached hydrogen (secondary N) is 1. The molecule has 2 aromatic heterocycles. The van der Waals surface area contributed by atoms with Gasteiger partial charge in [0.25, 0.3) is 5.91 Å². The van der Waals surface area contributed by atoms with Crippen molar-refractivity contribution in [1.29, 1.82) is 0 Å². The van der Waals surface area contributed by atoms with E-state index in [0.29, 0.717) is 29.5 Å². The average molecular weight is 359 g/mol. The first-order valence-corrected chi connectivity index (χ1v) is 8.71. The number of H-pyrrole nitrogens is 1. The van der Waals surface area contributed by atoms with Crippen molar-refractivity contribution in [3.8, 4) is 0 Å². The van der Waals surface area contributed by atoms with Crippen LogP contribution in [0.15, 0.2) is 30.3 Å². The van der Waals surface area contributed by atoms with Crippen LogP contribution in [0.3, 0.4) is 0 Å². The third-order valence-corrected chi connectivity index (χ3v) is 4.80. The van der Waals surface area contributed by atoms with Crippen LogP contribution < -0.4 is 0 Å². The molecule has 7 heteroatoms. The average Bonchev–Trinajstić information content (AvgIpc) is 3.12. The molecule has 2 N–H and O–H groups in total. The quantitative estimate of drug-likeness (QED) is 0.739. The van der Waals surface area contributed by atoms with Crippen LogP contribution in [0.25, 0.3) is 10.9 Å². The SMILES string of the molecule is C[C@@H](O)c1cc2n(n1)CCCN(C(=O)c1cc3cc(Cl)ccc3[nH]1)C2. The summed E-state index contributed by atoms with van der Waals surface area (Å²) in [7, 11) is 0. The number of nitrogens with zero attached hydrogens (tertiary/aromatic N) is 3. The van der Waals surface area contributed by atoms with Crippen LogP contribution in [-0.4, -0.2) is 37.2 Å². The first-order valence-electron chi connectivity index (χ1n) is 8.33. The van der Waals surface area contributed by atoms with Gasteiger partial charge in [-0.15, -0.1) is 0 Å². The second kappa shape index (κ2) is 6.20. The molecule has 0 saturated carbocycles. The first kappa shape index (κ1) is 16.2. The zero-order valence-electron chi connectivity index (χ0n) is 13.9. The van der Waals surface area contributed by atoms with Gasteiger partial charge in [0.15, 0.2) is 0 Å². The van der Waals surface area contributed by atoms with Crippen molar-refractivity contribution in [1.82, 2.24) is 19.7 Å². The summed E-state index contributed by atoms with van der Waals surface area (Å²) in [5, 5.41) is 15.7. The minimum atomic E-state index is -0.609. The lowest BCUT2D eigenvalue weighted by Crippen LogP contribution is -2.30. The maximum absolute atomic E-state index is 12.9. The van der Waals surface area contributed by atoms with Gasteiger partial charge in [0.05, 0.1) is 24.0 Å². The van der Waals surface area contributed by atoms with Gasteiger partial charge in [-0.25, -0.2) is 0 Å². The molecule has 0 aliphatic carbocycles. The van der Waals surface area contributed by atoms with E-state index in [1.54, 1.807) is 13.0 Å². The summed E-state index contributed by atoms with van der Waals surface area (Å²) in [6.07, 6.45) is 0.216. The number of aliphatic hydroxyl groups excluding tert-OH is 1. The maximum Gasteiger partial charge on any atom is 0.270 e. The Morgan fingerprint density at radius 2 is 2.16 bits per heavy atom. The summed E-state index contributed by atoms with van der Waals surface area (Å²) in [6, 6.07) is 9.24.